The summed E-state index contributed by atoms with van der Waals surface area (Å²) in [7, 11) is 3.21. The lowest BCUT2D eigenvalue weighted by molar-refractivity contribution is -0.113. The molecule has 1 amide bonds. The fourth-order valence-corrected chi connectivity index (χ4v) is 5.45. The summed E-state index contributed by atoms with van der Waals surface area (Å²) in [6.45, 7) is 6.76. The number of hydrogen-bond acceptors (Lipinski definition) is 7. The second kappa shape index (κ2) is 8.24. The number of thioether (sulfide) groups is 1. The number of hydrogen-bond donors (Lipinski definition) is 1. The number of nitrogens with zero attached hydrogens (tertiary/aromatic N) is 3. The van der Waals surface area contributed by atoms with Gasteiger partial charge in [0.15, 0.2) is 5.16 Å². The van der Waals surface area contributed by atoms with Gasteiger partial charge >= 0.3 is 5.97 Å². The molecule has 0 spiro atoms. The van der Waals surface area contributed by atoms with Crippen molar-refractivity contribution >= 4 is 40.0 Å². The minimum absolute atomic E-state index is 0.177. The molecule has 1 N–H and O–H groups in total. The van der Waals surface area contributed by atoms with Crippen LogP contribution in [0.25, 0.3) is 0 Å². The van der Waals surface area contributed by atoms with Crippen molar-refractivity contribution in [3.8, 4) is 0 Å². The maximum atomic E-state index is 12.5. The number of nitrogens with one attached hydrogen (secondary N) is 1. The van der Waals surface area contributed by atoms with Gasteiger partial charge in [0.05, 0.1) is 18.4 Å². The Kier molecular flexibility index (Phi) is 6.14. The van der Waals surface area contributed by atoms with E-state index in [1.165, 1.54) is 35.1 Å². The van der Waals surface area contributed by atoms with Gasteiger partial charge < -0.3 is 14.6 Å². The van der Waals surface area contributed by atoms with Crippen molar-refractivity contribution in [3.63, 3.8) is 0 Å². The van der Waals surface area contributed by atoms with Crippen LogP contribution in [-0.4, -0.2) is 39.5 Å². The lowest BCUT2D eigenvalue weighted by Gasteiger charge is -2.33. The number of methoxy groups -OCH3 is 1. The van der Waals surface area contributed by atoms with Gasteiger partial charge in [-0.15, -0.1) is 21.5 Å². The zero-order chi connectivity index (χ0) is 20.5. The van der Waals surface area contributed by atoms with Crippen molar-refractivity contribution in [3.05, 3.63) is 22.3 Å². The van der Waals surface area contributed by atoms with Crippen LogP contribution in [0.4, 0.5) is 5.00 Å². The average molecular weight is 423 g/mol. The minimum atomic E-state index is -0.386. The van der Waals surface area contributed by atoms with Crippen LogP contribution in [0.3, 0.4) is 0 Å². The van der Waals surface area contributed by atoms with E-state index in [2.05, 4.69) is 36.3 Å². The normalized spacial score (nSPS) is 16.5. The molecule has 0 bridgehead atoms. The van der Waals surface area contributed by atoms with E-state index in [0.717, 1.165) is 24.8 Å². The number of amides is 1. The van der Waals surface area contributed by atoms with E-state index in [-0.39, 0.29) is 23.0 Å². The molecular weight excluding hydrogens is 396 g/mol. The Morgan fingerprint density at radius 1 is 1.43 bits per heavy atom. The van der Waals surface area contributed by atoms with E-state index < -0.39 is 0 Å². The zero-order valence-electron chi connectivity index (χ0n) is 16.9. The van der Waals surface area contributed by atoms with Gasteiger partial charge in [-0.1, -0.05) is 32.5 Å². The molecule has 0 fully saturated rings. The van der Waals surface area contributed by atoms with Crippen LogP contribution in [0.2, 0.25) is 0 Å². The molecule has 1 aliphatic rings. The van der Waals surface area contributed by atoms with Crippen LogP contribution in [0.15, 0.2) is 11.5 Å². The number of rotatable bonds is 5. The molecule has 28 heavy (non-hydrogen) atoms. The van der Waals surface area contributed by atoms with E-state index in [1.807, 2.05) is 7.05 Å². The van der Waals surface area contributed by atoms with E-state index in [1.54, 1.807) is 10.9 Å². The molecule has 2 heterocycles. The molecule has 0 radical (unpaired) electrons. The first-order chi connectivity index (χ1) is 13.2. The number of anilines is 1. The van der Waals surface area contributed by atoms with E-state index in [0.29, 0.717) is 21.6 Å². The molecule has 0 aromatic carbocycles. The van der Waals surface area contributed by atoms with Crippen LogP contribution in [0.5, 0.6) is 0 Å². The van der Waals surface area contributed by atoms with Crippen molar-refractivity contribution in [2.75, 3.05) is 18.2 Å². The Balaban J connectivity index is 1.78. The summed E-state index contributed by atoms with van der Waals surface area (Å²) in [5.41, 5.74) is 1.77. The highest BCUT2D eigenvalue weighted by molar-refractivity contribution is 7.99. The Hall–Kier alpha value is -1.87. The minimum Gasteiger partial charge on any atom is -0.465 e. The molecule has 7 nitrogen and oxygen atoms in total. The number of aryl methyl sites for hydroxylation is 1. The number of fused-ring (bicyclic) bond motifs is 1. The molecule has 0 saturated heterocycles. The van der Waals surface area contributed by atoms with Gasteiger partial charge in [0.2, 0.25) is 5.91 Å². The molecule has 2 aromatic heterocycles. The number of ether oxygens (including phenoxy) is 1. The number of esters is 1. The van der Waals surface area contributed by atoms with Gasteiger partial charge in [-0.25, -0.2) is 4.79 Å². The zero-order valence-corrected chi connectivity index (χ0v) is 18.5. The Morgan fingerprint density at radius 3 is 2.79 bits per heavy atom. The number of carbonyl (C=O) groups excluding carboxylic acids is 2. The number of carbonyl (C=O) groups is 2. The molecule has 9 heteroatoms. The van der Waals surface area contributed by atoms with Gasteiger partial charge in [-0.05, 0) is 36.2 Å². The van der Waals surface area contributed by atoms with Crippen LogP contribution in [-0.2, 0) is 29.4 Å². The summed E-state index contributed by atoms with van der Waals surface area (Å²) in [4.78, 5) is 26.1. The van der Waals surface area contributed by atoms with Gasteiger partial charge in [0.25, 0.3) is 0 Å². The van der Waals surface area contributed by atoms with E-state index in [4.69, 9.17) is 4.74 Å². The lowest BCUT2D eigenvalue weighted by atomic mass is 9.72. The highest BCUT2D eigenvalue weighted by Gasteiger charge is 2.34. The summed E-state index contributed by atoms with van der Waals surface area (Å²) in [6, 6.07) is 0. The third-order valence-electron chi connectivity index (χ3n) is 5.13. The summed E-state index contributed by atoms with van der Waals surface area (Å²) >= 11 is 2.81. The van der Waals surface area contributed by atoms with E-state index >= 15 is 0 Å². The standard InChI is InChI=1S/C19H26N4O3S2/c1-19(2,3)11-6-7-12-13(8-11)28-16(15(12)17(25)26-5)21-14(24)9-27-18-22-20-10-23(18)4/h10-11H,6-9H2,1-5H3,(H,21,24). The van der Waals surface area contributed by atoms with Crippen LogP contribution in [0.1, 0.15) is 48.0 Å². The number of aromatic nitrogens is 3. The molecule has 1 atom stereocenters. The van der Waals surface area contributed by atoms with Crippen LogP contribution < -0.4 is 5.32 Å². The Morgan fingerprint density at radius 2 is 2.18 bits per heavy atom. The second-order valence-electron chi connectivity index (χ2n) is 8.07. The largest absolute Gasteiger partial charge is 0.465 e. The fourth-order valence-electron chi connectivity index (χ4n) is 3.43. The monoisotopic (exact) mass is 422 g/mol. The highest BCUT2D eigenvalue weighted by atomic mass is 32.2. The first-order valence-corrected chi connectivity index (χ1v) is 11.0. The van der Waals surface area contributed by atoms with Crippen LogP contribution >= 0.6 is 23.1 Å². The molecule has 0 aliphatic heterocycles. The average Bonchev–Trinajstić information content (AvgIpc) is 3.20. The maximum Gasteiger partial charge on any atom is 0.341 e. The van der Waals surface area contributed by atoms with Crippen molar-refractivity contribution in [2.24, 2.45) is 18.4 Å². The van der Waals surface area contributed by atoms with Crippen molar-refractivity contribution in [1.82, 2.24) is 14.8 Å². The second-order valence-corrected chi connectivity index (χ2v) is 10.1. The third kappa shape index (κ3) is 4.41. The first-order valence-electron chi connectivity index (χ1n) is 9.20. The van der Waals surface area contributed by atoms with Crippen LogP contribution in [0, 0.1) is 11.3 Å². The van der Waals surface area contributed by atoms with E-state index in [9.17, 15) is 9.59 Å². The van der Waals surface area contributed by atoms with Crippen molar-refractivity contribution in [1.29, 1.82) is 0 Å². The van der Waals surface area contributed by atoms with Gasteiger partial charge in [0, 0.05) is 11.9 Å². The molecule has 2 aromatic rings. The van der Waals surface area contributed by atoms with Gasteiger partial charge in [-0.3, -0.25) is 4.79 Å². The topological polar surface area (TPSA) is 86.1 Å². The molecule has 1 aliphatic carbocycles. The highest BCUT2D eigenvalue weighted by Crippen LogP contribution is 2.44. The predicted molar refractivity (Wildman–Crippen MR) is 111 cm³/mol. The molecule has 152 valence electrons. The predicted octanol–water partition coefficient (Wildman–Crippen LogP) is 3.55. The smallest absolute Gasteiger partial charge is 0.341 e. The number of thiophene rings is 1. The van der Waals surface area contributed by atoms with Crippen molar-refractivity contribution in [2.45, 2.75) is 45.2 Å². The summed E-state index contributed by atoms with van der Waals surface area (Å²) in [6.07, 6.45) is 4.39. The molecule has 0 saturated carbocycles. The fraction of sp³-hybridized carbons (Fsp3) is 0.579. The Bertz CT molecular complexity index is 882. The SMILES string of the molecule is COC(=O)c1c(NC(=O)CSc2nncn2C)sc2c1CCC(C(C)(C)C)C2. The molecule has 1 unspecified atom stereocenters. The lowest BCUT2D eigenvalue weighted by Crippen LogP contribution is -2.26. The van der Waals surface area contributed by atoms with Crippen molar-refractivity contribution < 1.29 is 14.3 Å². The summed E-state index contributed by atoms with van der Waals surface area (Å²) in [5, 5.41) is 11.9. The molecule has 3 rings (SSSR count). The Labute approximate surface area is 173 Å². The summed E-state index contributed by atoms with van der Waals surface area (Å²) < 4.78 is 6.76. The first kappa shape index (κ1) is 20.9. The summed E-state index contributed by atoms with van der Waals surface area (Å²) in [5.74, 6) is 0.187. The third-order valence-corrected chi connectivity index (χ3v) is 7.34. The molecular formula is C19H26N4O3S2. The van der Waals surface area contributed by atoms with Gasteiger partial charge in [-0.2, -0.15) is 0 Å². The quantitative estimate of drug-likeness (QED) is 0.586. The van der Waals surface area contributed by atoms with Gasteiger partial charge in [0.1, 0.15) is 11.3 Å². The maximum absolute atomic E-state index is 12.5.